The van der Waals surface area contributed by atoms with Gasteiger partial charge in [-0.05, 0) is 18.6 Å². The maximum absolute atomic E-state index is 12.8. The quantitative estimate of drug-likeness (QED) is 0.398. The van der Waals surface area contributed by atoms with Crippen LogP contribution < -0.4 is 5.32 Å². The number of carbonyl (C=O) groups excluding carboxylic acids is 2. The first kappa shape index (κ1) is 18.8. The fraction of sp³-hybridized carbons (Fsp3) is 0.150. The second-order valence-electron chi connectivity index (χ2n) is 6.75. The molecule has 1 aromatic heterocycles. The Morgan fingerprint density at radius 2 is 2.07 bits per heavy atom. The zero-order valence-corrected chi connectivity index (χ0v) is 16.1. The van der Waals surface area contributed by atoms with E-state index in [2.05, 4.69) is 10.3 Å². The average molecular weight is 409 g/mol. The number of benzene rings is 2. The molecule has 1 N–H and O–H groups in total. The topological polar surface area (TPSA) is 111 Å². The van der Waals surface area contributed by atoms with Crippen LogP contribution in [0, 0.1) is 10.1 Å². The van der Waals surface area contributed by atoms with Gasteiger partial charge in [0.15, 0.2) is 10.7 Å². The molecule has 1 aliphatic heterocycles. The molecule has 2 heterocycles. The van der Waals surface area contributed by atoms with Gasteiger partial charge in [0.2, 0.25) is 0 Å². The summed E-state index contributed by atoms with van der Waals surface area (Å²) in [6.45, 7) is 1.56. The summed E-state index contributed by atoms with van der Waals surface area (Å²) in [4.78, 5) is 39.9. The maximum atomic E-state index is 12.8. The van der Waals surface area contributed by atoms with E-state index in [1.165, 1.54) is 23.5 Å². The Kier molecular flexibility index (Phi) is 4.59. The number of carbonyl (C=O) groups is 2. The molecule has 0 fully saturated rings. The SMILES string of the molecule is CC1(C(=O)Nc2nc(-c3cccc([N+](=O)[O-])c3)cs2)Cc2ccccc2C(=O)O1. The van der Waals surface area contributed by atoms with E-state index < -0.39 is 22.4 Å². The van der Waals surface area contributed by atoms with Crippen molar-refractivity contribution in [3.05, 3.63) is 75.2 Å². The number of esters is 1. The molecule has 0 saturated carbocycles. The minimum absolute atomic E-state index is 0.0404. The van der Waals surface area contributed by atoms with Crippen LogP contribution in [0.1, 0.15) is 22.8 Å². The van der Waals surface area contributed by atoms with Crippen LogP contribution in [0.25, 0.3) is 11.3 Å². The van der Waals surface area contributed by atoms with Gasteiger partial charge in [-0.2, -0.15) is 0 Å². The molecule has 1 atom stereocenters. The van der Waals surface area contributed by atoms with E-state index in [9.17, 15) is 19.7 Å². The molecule has 0 radical (unpaired) electrons. The minimum atomic E-state index is -1.36. The third-order valence-electron chi connectivity index (χ3n) is 4.64. The van der Waals surface area contributed by atoms with E-state index in [-0.39, 0.29) is 12.1 Å². The van der Waals surface area contributed by atoms with Crippen molar-refractivity contribution in [3.8, 4) is 11.3 Å². The zero-order chi connectivity index (χ0) is 20.6. The van der Waals surface area contributed by atoms with Crippen molar-refractivity contribution in [1.29, 1.82) is 0 Å². The molecule has 3 aromatic rings. The van der Waals surface area contributed by atoms with Crippen LogP contribution in [0.4, 0.5) is 10.8 Å². The van der Waals surface area contributed by atoms with Gasteiger partial charge in [0.05, 0.1) is 16.2 Å². The predicted octanol–water partition coefficient (Wildman–Crippen LogP) is 3.83. The standard InChI is InChI=1S/C20H15N3O5S/c1-20(10-13-5-2-3-8-15(13)17(24)28-20)18(25)22-19-21-16(11-29-19)12-6-4-7-14(9-12)23(26)27/h2-9,11H,10H2,1H3,(H,21,22,25). The molecule has 0 aliphatic carbocycles. The first-order valence-corrected chi connectivity index (χ1v) is 9.57. The number of nitrogens with zero attached hydrogens (tertiary/aromatic N) is 2. The number of anilines is 1. The van der Waals surface area contributed by atoms with Crippen LogP contribution in [-0.4, -0.2) is 27.4 Å². The highest BCUT2D eigenvalue weighted by atomic mass is 32.1. The molecule has 1 unspecified atom stereocenters. The lowest BCUT2D eigenvalue weighted by Crippen LogP contribution is -2.48. The van der Waals surface area contributed by atoms with Gasteiger partial charge in [-0.25, -0.2) is 9.78 Å². The first-order valence-electron chi connectivity index (χ1n) is 8.69. The third-order valence-corrected chi connectivity index (χ3v) is 5.40. The second-order valence-corrected chi connectivity index (χ2v) is 7.61. The van der Waals surface area contributed by atoms with Gasteiger partial charge in [-0.3, -0.25) is 20.2 Å². The Bertz CT molecular complexity index is 1140. The highest BCUT2D eigenvalue weighted by molar-refractivity contribution is 7.14. The first-order chi connectivity index (χ1) is 13.9. The smallest absolute Gasteiger partial charge is 0.339 e. The van der Waals surface area contributed by atoms with Crippen molar-refractivity contribution in [2.75, 3.05) is 5.32 Å². The highest BCUT2D eigenvalue weighted by Gasteiger charge is 2.42. The number of aromatic nitrogens is 1. The number of nitro groups is 1. The van der Waals surface area contributed by atoms with E-state index in [0.29, 0.717) is 22.0 Å². The van der Waals surface area contributed by atoms with Gasteiger partial charge in [0, 0.05) is 29.5 Å². The van der Waals surface area contributed by atoms with Crippen molar-refractivity contribution in [3.63, 3.8) is 0 Å². The molecular formula is C20H15N3O5S. The summed E-state index contributed by atoms with van der Waals surface area (Å²) in [7, 11) is 0. The van der Waals surface area contributed by atoms with Crippen molar-refractivity contribution >= 4 is 34.0 Å². The van der Waals surface area contributed by atoms with Crippen molar-refractivity contribution in [1.82, 2.24) is 4.98 Å². The molecule has 1 aliphatic rings. The Morgan fingerprint density at radius 1 is 1.28 bits per heavy atom. The number of nitrogens with one attached hydrogen (secondary N) is 1. The van der Waals surface area contributed by atoms with Gasteiger partial charge in [0.25, 0.3) is 11.6 Å². The molecule has 8 nitrogen and oxygen atoms in total. The van der Waals surface area contributed by atoms with Crippen molar-refractivity contribution in [2.24, 2.45) is 0 Å². The molecular weight excluding hydrogens is 394 g/mol. The molecule has 0 spiro atoms. The lowest BCUT2D eigenvalue weighted by molar-refractivity contribution is -0.384. The Labute approximate surface area is 169 Å². The van der Waals surface area contributed by atoms with Crippen LogP contribution in [-0.2, 0) is 16.0 Å². The molecule has 0 saturated heterocycles. The van der Waals surface area contributed by atoms with Crippen molar-refractivity contribution < 1.29 is 19.2 Å². The van der Waals surface area contributed by atoms with Gasteiger partial charge >= 0.3 is 5.97 Å². The largest absolute Gasteiger partial charge is 0.445 e. The third kappa shape index (κ3) is 3.59. The number of nitro benzene ring substituents is 1. The van der Waals surface area contributed by atoms with Crippen LogP contribution in [0.3, 0.4) is 0 Å². The van der Waals surface area contributed by atoms with E-state index in [1.807, 2.05) is 6.07 Å². The Hall–Kier alpha value is -3.59. The fourth-order valence-corrected chi connectivity index (χ4v) is 3.85. The summed E-state index contributed by atoms with van der Waals surface area (Å²) in [6.07, 6.45) is 0.254. The molecule has 2 aromatic carbocycles. The van der Waals surface area contributed by atoms with Crippen molar-refractivity contribution in [2.45, 2.75) is 18.9 Å². The van der Waals surface area contributed by atoms with Crippen LogP contribution in [0.15, 0.2) is 53.9 Å². The van der Waals surface area contributed by atoms with E-state index in [1.54, 1.807) is 42.6 Å². The minimum Gasteiger partial charge on any atom is -0.445 e. The van der Waals surface area contributed by atoms with Gasteiger partial charge in [-0.15, -0.1) is 11.3 Å². The normalized spacial score (nSPS) is 17.9. The number of hydrogen-bond donors (Lipinski definition) is 1. The van der Waals surface area contributed by atoms with E-state index >= 15 is 0 Å². The predicted molar refractivity (Wildman–Crippen MR) is 107 cm³/mol. The van der Waals surface area contributed by atoms with Crippen LogP contribution >= 0.6 is 11.3 Å². The summed E-state index contributed by atoms with van der Waals surface area (Å²) in [5, 5.41) is 15.6. The average Bonchev–Trinajstić information content (AvgIpc) is 3.16. The Morgan fingerprint density at radius 3 is 2.86 bits per heavy atom. The number of rotatable bonds is 4. The van der Waals surface area contributed by atoms with Crippen LogP contribution in [0.5, 0.6) is 0 Å². The summed E-state index contributed by atoms with van der Waals surface area (Å²) in [6, 6.07) is 13.1. The highest BCUT2D eigenvalue weighted by Crippen LogP contribution is 2.31. The zero-order valence-electron chi connectivity index (χ0n) is 15.2. The summed E-state index contributed by atoms with van der Waals surface area (Å²) in [5.41, 5.74) is 0.882. The summed E-state index contributed by atoms with van der Waals surface area (Å²) >= 11 is 1.18. The lowest BCUT2D eigenvalue weighted by Gasteiger charge is -2.32. The second kappa shape index (κ2) is 7.10. The van der Waals surface area contributed by atoms with E-state index in [4.69, 9.17) is 4.74 Å². The number of cyclic esters (lactones) is 1. The van der Waals surface area contributed by atoms with Gasteiger partial charge < -0.3 is 4.74 Å². The number of thiazole rings is 1. The number of hydrogen-bond acceptors (Lipinski definition) is 7. The Balaban J connectivity index is 1.53. The number of fused-ring (bicyclic) bond motifs is 1. The lowest BCUT2D eigenvalue weighted by atomic mass is 9.89. The van der Waals surface area contributed by atoms with Gasteiger partial charge in [0.1, 0.15) is 0 Å². The number of amides is 1. The monoisotopic (exact) mass is 409 g/mol. The molecule has 4 rings (SSSR count). The number of ether oxygens (including phenoxy) is 1. The number of non-ortho nitro benzene ring substituents is 1. The van der Waals surface area contributed by atoms with Crippen LogP contribution in [0.2, 0.25) is 0 Å². The summed E-state index contributed by atoms with van der Waals surface area (Å²) in [5.74, 6) is -1.03. The molecule has 0 bridgehead atoms. The fourth-order valence-electron chi connectivity index (χ4n) is 3.13. The molecule has 29 heavy (non-hydrogen) atoms. The maximum Gasteiger partial charge on any atom is 0.339 e. The molecule has 9 heteroatoms. The van der Waals surface area contributed by atoms with E-state index in [0.717, 1.165) is 5.56 Å². The van der Waals surface area contributed by atoms with Gasteiger partial charge in [-0.1, -0.05) is 30.3 Å². The molecule has 146 valence electrons. The molecule has 1 amide bonds. The summed E-state index contributed by atoms with van der Waals surface area (Å²) < 4.78 is 5.42.